The summed E-state index contributed by atoms with van der Waals surface area (Å²) in [4.78, 5) is 23.3. The predicted molar refractivity (Wildman–Crippen MR) is 195 cm³/mol. The zero-order valence-corrected chi connectivity index (χ0v) is 30.7. The van der Waals surface area contributed by atoms with Gasteiger partial charge in [-0.1, -0.05) is 194 Å². The van der Waals surface area contributed by atoms with E-state index < -0.39 is 5.97 Å². The van der Waals surface area contributed by atoms with Gasteiger partial charge in [0.25, 0.3) is 0 Å². The summed E-state index contributed by atoms with van der Waals surface area (Å²) < 4.78 is 6.00. The average molecular weight is 637 g/mol. The second-order valence-corrected chi connectivity index (χ2v) is 14.2. The molecule has 268 valence electrons. The number of unbranched alkanes of at least 4 members (excludes halogenated alkanes) is 29. The summed E-state index contributed by atoms with van der Waals surface area (Å²) in [5.41, 5.74) is 0. The highest BCUT2D eigenvalue weighted by atomic mass is 16.5. The first-order valence-electron chi connectivity index (χ1n) is 20.5. The van der Waals surface area contributed by atoms with Crippen LogP contribution in [0.3, 0.4) is 0 Å². The lowest BCUT2D eigenvalue weighted by Crippen LogP contribution is -2.18. The van der Waals surface area contributed by atoms with E-state index in [0.717, 1.165) is 64.2 Å². The molecule has 0 aliphatic rings. The minimum Gasteiger partial charge on any atom is -0.481 e. The SMILES string of the molecule is CCCCCCCCCCCCCCCCCCCCC(=O)OC(CCCCCCCCCCC)CCCCCCCC(=O)O. The van der Waals surface area contributed by atoms with Crippen molar-refractivity contribution in [2.45, 2.75) is 251 Å². The highest BCUT2D eigenvalue weighted by Gasteiger charge is 2.14. The lowest BCUT2D eigenvalue weighted by atomic mass is 10.0. The van der Waals surface area contributed by atoms with Gasteiger partial charge in [0.15, 0.2) is 0 Å². The van der Waals surface area contributed by atoms with Gasteiger partial charge in [-0.2, -0.15) is 0 Å². The van der Waals surface area contributed by atoms with Crippen molar-refractivity contribution in [3.05, 3.63) is 0 Å². The van der Waals surface area contributed by atoms with Crippen LogP contribution in [0.2, 0.25) is 0 Å². The molecule has 0 spiro atoms. The Balaban J connectivity index is 3.86. The highest BCUT2D eigenvalue weighted by molar-refractivity contribution is 5.69. The molecule has 1 unspecified atom stereocenters. The van der Waals surface area contributed by atoms with E-state index in [1.165, 1.54) is 154 Å². The van der Waals surface area contributed by atoms with Crippen molar-refractivity contribution >= 4 is 11.9 Å². The fourth-order valence-electron chi connectivity index (χ4n) is 6.54. The Kier molecular flexibility index (Phi) is 36.5. The maximum Gasteiger partial charge on any atom is 0.306 e. The third-order valence-corrected chi connectivity index (χ3v) is 9.58. The third-order valence-electron chi connectivity index (χ3n) is 9.58. The van der Waals surface area contributed by atoms with E-state index in [0.29, 0.717) is 6.42 Å². The zero-order valence-electron chi connectivity index (χ0n) is 30.7. The number of carboxylic acid groups (broad SMARTS) is 1. The number of carboxylic acids is 1. The molecule has 1 atom stereocenters. The fraction of sp³-hybridized carbons (Fsp3) is 0.951. The summed E-state index contributed by atoms with van der Waals surface area (Å²) in [5.74, 6) is -0.688. The van der Waals surface area contributed by atoms with Gasteiger partial charge in [-0.05, 0) is 38.5 Å². The molecule has 0 aliphatic carbocycles. The maximum atomic E-state index is 12.6. The van der Waals surface area contributed by atoms with Crippen LogP contribution in [0.15, 0.2) is 0 Å². The van der Waals surface area contributed by atoms with Crippen LogP contribution < -0.4 is 0 Å². The van der Waals surface area contributed by atoms with Crippen LogP contribution in [0.4, 0.5) is 0 Å². The molecule has 0 saturated heterocycles. The van der Waals surface area contributed by atoms with E-state index in [1.54, 1.807) is 0 Å². The molecule has 0 aromatic heterocycles. The Labute approximate surface area is 282 Å². The van der Waals surface area contributed by atoms with Crippen LogP contribution >= 0.6 is 0 Å². The van der Waals surface area contributed by atoms with E-state index in [-0.39, 0.29) is 18.5 Å². The van der Waals surface area contributed by atoms with Gasteiger partial charge in [-0.25, -0.2) is 0 Å². The van der Waals surface area contributed by atoms with Crippen molar-refractivity contribution in [2.75, 3.05) is 0 Å². The summed E-state index contributed by atoms with van der Waals surface area (Å²) in [5, 5.41) is 8.81. The first-order chi connectivity index (χ1) is 22.1. The summed E-state index contributed by atoms with van der Waals surface area (Å²) in [6, 6.07) is 0. The molecule has 4 nitrogen and oxygen atoms in total. The van der Waals surface area contributed by atoms with Crippen molar-refractivity contribution < 1.29 is 19.4 Å². The van der Waals surface area contributed by atoms with Crippen molar-refractivity contribution in [1.29, 1.82) is 0 Å². The molecule has 0 aromatic rings. The standard InChI is InChI=1S/C41H80O4/c1-3-5-7-9-11-13-14-15-16-17-18-19-20-21-23-25-30-34-38-41(44)45-39(36-32-28-26-29-33-37-40(42)43)35-31-27-24-22-12-10-8-6-4-2/h39H,3-38H2,1-2H3,(H,42,43). The number of esters is 1. The summed E-state index contributed by atoms with van der Waals surface area (Å²) >= 11 is 0. The number of hydrogen-bond donors (Lipinski definition) is 1. The van der Waals surface area contributed by atoms with E-state index in [4.69, 9.17) is 9.84 Å². The Morgan fingerprint density at radius 1 is 0.400 bits per heavy atom. The van der Waals surface area contributed by atoms with Gasteiger partial charge in [0.2, 0.25) is 0 Å². The van der Waals surface area contributed by atoms with Gasteiger partial charge in [-0.3, -0.25) is 9.59 Å². The van der Waals surface area contributed by atoms with Gasteiger partial charge in [0, 0.05) is 12.8 Å². The molecule has 0 aliphatic heterocycles. The number of rotatable bonds is 38. The Hall–Kier alpha value is -1.06. The first kappa shape index (κ1) is 43.9. The smallest absolute Gasteiger partial charge is 0.306 e. The summed E-state index contributed by atoms with van der Waals surface area (Å²) in [6.07, 6.45) is 44.1. The lowest BCUT2D eigenvalue weighted by molar-refractivity contribution is -0.150. The second kappa shape index (κ2) is 37.4. The molecule has 0 rings (SSSR count). The van der Waals surface area contributed by atoms with Gasteiger partial charge < -0.3 is 9.84 Å². The van der Waals surface area contributed by atoms with E-state index in [9.17, 15) is 9.59 Å². The number of carbonyl (C=O) groups excluding carboxylic acids is 1. The lowest BCUT2D eigenvalue weighted by Gasteiger charge is -2.18. The number of hydrogen-bond acceptors (Lipinski definition) is 3. The average Bonchev–Trinajstić information content (AvgIpc) is 3.02. The molecule has 4 heteroatoms. The van der Waals surface area contributed by atoms with Crippen LogP contribution in [-0.2, 0) is 14.3 Å². The van der Waals surface area contributed by atoms with Gasteiger partial charge >= 0.3 is 11.9 Å². The van der Waals surface area contributed by atoms with Crippen molar-refractivity contribution in [1.82, 2.24) is 0 Å². The van der Waals surface area contributed by atoms with Gasteiger partial charge in [0.05, 0.1) is 0 Å². The predicted octanol–water partition coefficient (Wildman–Crippen LogP) is 14.1. The quantitative estimate of drug-likeness (QED) is 0.0541. The van der Waals surface area contributed by atoms with Crippen molar-refractivity contribution in [2.24, 2.45) is 0 Å². The van der Waals surface area contributed by atoms with Crippen molar-refractivity contribution in [3.8, 4) is 0 Å². The number of ether oxygens (including phenoxy) is 1. The molecule has 0 bridgehead atoms. The Bertz CT molecular complexity index is 604. The number of carbonyl (C=O) groups is 2. The monoisotopic (exact) mass is 637 g/mol. The van der Waals surface area contributed by atoms with E-state index >= 15 is 0 Å². The van der Waals surface area contributed by atoms with E-state index in [1.807, 2.05) is 0 Å². The highest BCUT2D eigenvalue weighted by Crippen LogP contribution is 2.19. The molecular formula is C41H80O4. The first-order valence-corrected chi connectivity index (χ1v) is 20.5. The molecule has 0 heterocycles. The molecule has 0 aromatic carbocycles. The minimum absolute atomic E-state index is 0.00822. The van der Waals surface area contributed by atoms with Crippen molar-refractivity contribution in [3.63, 3.8) is 0 Å². The van der Waals surface area contributed by atoms with E-state index in [2.05, 4.69) is 13.8 Å². The molecule has 0 fully saturated rings. The van der Waals surface area contributed by atoms with Crippen LogP contribution in [0.25, 0.3) is 0 Å². The molecule has 0 radical (unpaired) electrons. The molecule has 45 heavy (non-hydrogen) atoms. The zero-order chi connectivity index (χ0) is 32.9. The number of aliphatic carboxylic acids is 1. The Morgan fingerprint density at radius 2 is 0.667 bits per heavy atom. The van der Waals surface area contributed by atoms with Crippen LogP contribution in [-0.4, -0.2) is 23.1 Å². The van der Waals surface area contributed by atoms with Crippen LogP contribution in [0, 0.1) is 0 Å². The normalized spacial score (nSPS) is 12.0. The summed E-state index contributed by atoms with van der Waals surface area (Å²) in [7, 11) is 0. The Morgan fingerprint density at radius 3 is 0.978 bits per heavy atom. The second-order valence-electron chi connectivity index (χ2n) is 14.2. The maximum absolute atomic E-state index is 12.6. The van der Waals surface area contributed by atoms with Crippen LogP contribution in [0.1, 0.15) is 245 Å². The molecular weight excluding hydrogens is 556 g/mol. The largest absolute Gasteiger partial charge is 0.481 e. The molecule has 0 saturated carbocycles. The topological polar surface area (TPSA) is 63.6 Å². The van der Waals surface area contributed by atoms with Gasteiger partial charge in [0.1, 0.15) is 6.10 Å². The fourth-order valence-corrected chi connectivity index (χ4v) is 6.54. The minimum atomic E-state index is -0.697. The molecule has 1 N–H and O–H groups in total. The molecule has 0 amide bonds. The summed E-state index contributed by atoms with van der Waals surface area (Å²) in [6.45, 7) is 4.56. The van der Waals surface area contributed by atoms with Gasteiger partial charge in [-0.15, -0.1) is 0 Å². The van der Waals surface area contributed by atoms with Crippen LogP contribution in [0.5, 0.6) is 0 Å². The third kappa shape index (κ3) is 37.3.